The summed E-state index contributed by atoms with van der Waals surface area (Å²) in [5, 5.41) is 2.61. The SMILES string of the molecule is COc1ccc(CNC(=O)CN(C(C)=O)c2ccc(F)c(Cl)c2)cc1OC. The van der Waals surface area contributed by atoms with Gasteiger partial charge in [0, 0.05) is 19.2 Å². The van der Waals surface area contributed by atoms with E-state index >= 15 is 0 Å². The van der Waals surface area contributed by atoms with Crippen molar-refractivity contribution in [2.45, 2.75) is 13.5 Å². The highest BCUT2D eigenvalue weighted by atomic mass is 35.5. The molecule has 0 bridgehead atoms. The molecule has 0 fully saturated rings. The smallest absolute Gasteiger partial charge is 0.240 e. The molecule has 0 saturated carbocycles. The summed E-state index contributed by atoms with van der Waals surface area (Å²) >= 11 is 5.76. The van der Waals surface area contributed by atoms with Crippen LogP contribution in [0.1, 0.15) is 12.5 Å². The summed E-state index contributed by atoms with van der Waals surface area (Å²) in [5.74, 6) is -0.194. The molecule has 1 N–H and O–H groups in total. The summed E-state index contributed by atoms with van der Waals surface area (Å²) in [6, 6.07) is 9.13. The molecule has 0 unspecified atom stereocenters. The quantitative estimate of drug-likeness (QED) is 0.783. The maximum absolute atomic E-state index is 13.3. The van der Waals surface area contributed by atoms with Gasteiger partial charge in [0.05, 0.1) is 19.2 Å². The standard InChI is InChI=1S/C19H20ClFN2O4/c1-12(24)23(14-5-6-16(21)15(20)9-14)11-19(25)22-10-13-4-7-17(26-2)18(8-13)27-3/h4-9H,10-11H2,1-3H3,(H,22,25). The van der Waals surface area contributed by atoms with Gasteiger partial charge in [-0.3, -0.25) is 9.59 Å². The Hall–Kier alpha value is -2.80. The van der Waals surface area contributed by atoms with E-state index < -0.39 is 5.82 Å². The van der Waals surface area contributed by atoms with Gasteiger partial charge in [0.2, 0.25) is 11.8 Å². The van der Waals surface area contributed by atoms with E-state index in [1.807, 2.05) is 0 Å². The fourth-order valence-corrected chi connectivity index (χ4v) is 2.60. The molecule has 8 heteroatoms. The molecule has 2 rings (SSSR count). The first-order valence-electron chi connectivity index (χ1n) is 8.06. The number of ether oxygens (including phenoxy) is 2. The van der Waals surface area contributed by atoms with Crippen molar-refractivity contribution in [1.29, 1.82) is 0 Å². The largest absolute Gasteiger partial charge is 0.493 e. The van der Waals surface area contributed by atoms with E-state index in [1.165, 1.54) is 38.2 Å². The lowest BCUT2D eigenvalue weighted by molar-refractivity contribution is -0.123. The van der Waals surface area contributed by atoms with Gasteiger partial charge in [0.15, 0.2) is 11.5 Å². The van der Waals surface area contributed by atoms with Gasteiger partial charge in [-0.05, 0) is 35.9 Å². The molecule has 0 aliphatic rings. The summed E-state index contributed by atoms with van der Waals surface area (Å²) in [6.45, 7) is 1.35. The highest BCUT2D eigenvalue weighted by Crippen LogP contribution is 2.27. The number of carbonyl (C=O) groups is 2. The van der Waals surface area contributed by atoms with Crippen molar-refractivity contribution in [3.63, 3.8) is 0 Å². The van der Waals surface area contributed by atoms with Crippen LogP contribution in [0.5, 0.6) is 11.5 Å². The molecule has 2 aromatic rings. The third kappa shape index (κ3) is 5.34. The predicted octanol–water partition coefficient (Wildman–Crippen LogP) is 3.17. The third-order valence-electron chi connectivity index (χ3n) is 3.83. The maximum Gasteiger partial charge on any atom is 0.240 e. The number of amides is 2. The number of nitrogens with one attached hydrogen (secondary N) is 1. The van der Waals surface area contributed by atoms with Gasteiger partial charge in [0.1, 0.15) is 12.4 Å². The van der Waals surface area contributed by atoms with Gasteiger partial charge >= 0.3 is 0 Å². The number of halogens is 2. The first kappa shape index (κ1) is 20.5. The monoisotopic (exact) mass is 394 g/mol. The summed E-state index contributed by atoms with van der Waals surface area (Å²) in [4.78, 5) is 25.4. The summed E-state index contributed by atoms with van der Waals surface area (Å²) < 4.78 is 23.7. The van der Waals surface area contributed by atoms with Gasteiger partial charge in [-0.1, -0.05) is 17.7 Å². The number of rotatable bonds is 7. The molecular weight excluding hydrogens is 375 g/mol. The zero-order valence-corrected chi connectivity index (χ0v) is 16.0. The summed E-state index contributed by atoms with van der Waals surface area (Å²) in [7, 11) is 3.07. The highest BCUT2D eigenvalue weighted by molar-refractivity contribution is 6.31. The van der Waals surface area contributed by atoms with Crippen LogP contribution < -0.4 is 19.7 Å². The Morgan fingerprint density at radius 1 is 1.11 bits per heavy atom. The molecular formula is C19H20ClFN2O4. The van der Waals surface area contributed by atoms with Gasteiger partial charge in [0.25, 0.3) is 0 Å². The van der Waals surface area contributed by atoms with Crippen LogP contribution in [0, 0.1) is 5.82 Å². The summed E-state index contributed by atoms with van der Waals surface area (Å²) in [5.41, 5.74) is 1.15. The first-order chi connectivity index (χ1) is 12.8. The molecule has 2 aromatic carbocycles. The van der Waals surface area contributed by atoms with Crippen LogP contribution in [0.25, 0.3) is 0 Å². The molecule has 0 spiro atoms. The van der Waals surface area contributed by atoms with Crippen molar-refractivity contribution in [3.8, 4) is 11.5 Å². The second kappa shape index (κ2) is 9.23. The minimum Gasteiger partial charge on any atom is -0.493 e. The fourth-order valence-electron chi connectivity index (χ4n) is 2.43. The van der Waals surface area contributed by atoms with E-state index in [1.54, 1.807) is 18.2 Å². The average Bonchev–Trinajstić information content (AvgIpc) is 2.66. The number of anilines is 1. The predicted molar refractivity (Wildman–Crippen MR) is 101 cm³/mol. The average molecular weight is 395 g/mol. The molecule has 2 amide bonds. The Balaban J connectivity index is 2.04. The van der Waals surface area contributed by atoms with Crippen LogP contribution in [-0.4, -0.2) is 32.6 Å². The minimum atomic E-state index is -0.596. The second-order valence-corrected chi connectivity index (χ2v) is 6.08. The fraction of sp³-hybridized carbons (Fsp3) is 0.263. The van der Waals surface area contributed by atoms with E-state index in [9.17, 15) is 14.0 Å². The normalized spacial score (nSPS) is 10.3. The molecule has 27 heavy (non-hydrogen) atoms. The topological polar surface area (TPSA) is 67.9 Å². The van der Waals surface area contributed by atoms with Crippen LogP contribution in [0.15, 0.2) is 36.4 Å². The molecule has 0 saturated heterocycles. The molecule has 0 radical (unpaired) electrons. The number of carbonyl (C=O) groups excluding carboxylic acids is 2. The van der Waals surface area contributed by atoms with E-state index in [2.05, 4.69) is 5.32 Å². The molecule has 0 atom stereocenters. The number of hydrogen-bond donors (Lipinski definition) is 1. The van der Waals surface area contributed by atoms with Crippen molar-refractivity contribution < 1.29 is 23.5 Å². The first-order valence-corrected chi connectivity index (χ1v) is 8.44. The van der Waals surface area contributed by atoms with E-state index in [0.29, 0.717) is 17.2 Å². The van der Waals surface area contributed by atoms with E-state index in [-0.39, 0.29) is 29.9 Å². The van der Waals surface area contributed by atoms with Crippen LogP contribution in [0.2, 0.25) is 5.02 Å². The van der Waals surface area contributed by atoms with Crippen molar-refractivity contribution in [1.82, 2.24) is 5.32 Å². The second-order valence-electron chi connectivity index (χ2n) is 5.67. The molecule has 0 heterocycles. The Morgan fingerprint density at radius 3 is 2.41 bits per heavy atom. The van der Waals surface area contributed by atoms with Gasteiger partial charge in [-0.2, -0.15) is 0 Å². The molecule has 0 aromatic heterocycles. The van der Waals surface area contributed by atoms with Crippen molar-refractivity contribution in [2.75, 3.05) is 25.7 Å². The molecule has 0 aliphatic heterocycles. The summed E-state index contributed by atoms with van der Waals surface area (Å²) in [6.07, 6.45) is 0. The zero-order chi connectivity index (χ0) is 20.0. The van der Waals surface area contributed by atoms with Crippen LogP contribution in [0.3, 0.4) is 0 Å². The Bertz CT molecular complexity index is 844. The lowest BCUT2D eigenvalue weighted by atomic mass is 10.2. The molecule has 144 valence electrons. The minimum absolute atomic E-state index is 0.121. The van der Waals surface area contributed by atoms with Crippen LogP contribution >= 0.6 is 11.6 Å². The maximum atomic E-state index is 13.3. The lowest BCUT2D eigenvalue weighted by Crippen LogP contribution is -2.39. The Morgan fingerprint density at radius 2 is 1.81 bits per heavy atom. The van der Waals surface area contributed by atoms with Crippen molar-refractivity contribution >= 4 is 29.1 Å². The number of nitrogens with zero attached hydrogens (tertiary/aromatic N) is 1. The van der Waals surface area contributed by atoms with Crippen molar-refractivity contribution in [2.24, 2.45) is 0 Å². The molecule has 6 nitrogen and oxygen atoms in total. The van der Waals surface area contributed by atoms with Gasteiger partial charge < -0.3 is 19.7 Å². The lowest BCUT2D eigenvalue weighted by Gasteiger charge is -2.21. The van der Waals surface area contributed by atoms with E-state index in [0.717, 1.165) is 11.6 Å². The number of benzene rings is 2. The third-order valence-corrected chi connectivity index (χ3v) is 4.12. The van der Waals surface area contributed by atoms with Gasteiger partial charge in [-0.15, -0.1) is 0 Å². The van der Waals surface area contributed by atoms with Crippen LogP contribution in [-0.2, 0) is 16.1 Å². The molecule has 0 aliphatic carbocycles. The van der Waals surface area contributed by atoms with E-state index in [4.69, 9.17) is 21.1 Å². The van der Waals surface area contributed by atoms with Crippen molar-refractivity contribution in [3.05, 3.63) is 52.8 Å². The number of methoxy groups -OCH3 is 2. The highest BCUT2D eigenvalue weighted by Gasteiger charge is 2.17. The zero-order valence-electron chi connectivity index (χ0n) is 15.2. The van der Waals surface area contributed by atoms with Gasteiger partial charge in [-0.25, -0.2) is 4.39 Å². The Kier molecular flexibility index (Phi) is 7.01. The Labute approximate surface area is 161 Å². The van der Waals surface area contributed by atoms with Crippen LogP contribution in [0.4, 0.5) is 10.1 Å². The number of hydrogen-bond acceptors (Lipinski definition) is 4.